The van der Waals surface area contributed by atoms with Gasteiger partial charge in [0.05, 0.1) is 5.70 Å². The van der Waals surface area contributed by atoms with Crippen LogP contribution in [0.1, 0.15) is 12.8 Å². The maximum absolute atomic E-state index is 6.12. The van der Waals surface area contributed by atoms with E-state index in [0.29, 0.717) is 0 Å². The van der Waals surface area contributed by atoms with Crippen LogP contribution in [0, 0.1) is 5.41 Å². The SMILES string of the molecule is NC1=c2ocnc2=CC12CCNCC2. The Labute approximate surface area is 81.5 Å². The van der Waals surface area contributed by atoms with Gasteiger partial charge in [-0.3, -0.25) is 0 Å². The summed E-state index contributed by atoms with van der Waals surface area (Å²) in [4.78, 5) is 4.15. The van der Waals surface area contributed by atoms with E-state index in [2.05, 4.69) is 16.4 Å². The van der Waals surface area contributed by atoms with Gasteiger partial charge in [0.15, 0.2) is 11.8 Å². The highest BCUT2D eigenvalue weighted by Gasteiger charge is 2.37. The van der Waals surface area contributed by atoms with Gasteiger partial charge < -0.3 is 15.5 Å². The molecule has 0 saturated carbocycles. The van der Waals surface area contributed by atoms with Crippen LogP contribution in [-0.2, 0) is 0 Å². The van der Waals surface area contributed by atoms with Crippen LogP contribution in [0.25, 0.3) is 11.8 Å². The van der Waals surface area contributed by atoms with Crippen LogP contribution < -0.4 is 21.8 Å². The third kappa shape index (κ3) is 0.889. The van der Waals surface area contributed by atoms with Crippen LogP contribution in [-0.4, -0.2) is 18.1 Å². The average molecular weight is 191 g/mol. The Kier molecular flexibility index (Phi) is 1.50. The molecule has 74 valence electrons. The quantitative estimate of drug-likeness (QED) is 0.546. The third-order valence-corrected chi connectivity index (χ3v) is 3.28. The third-order valence-electron chi connectivity index (χ3n) is 3.28. The van der Waals surface area contributed by atoms with Crippen LogP contribution >= 0.6 is 0 Å². The second-order valence-electron chi connectivity index (χ2n) is 4.03. The topological polar surface area (TPSA) is 64.1 Å². The summed E-state index contributed by atoms with van der Waals surface area (Å²) in [5.41, 5.74) is 7.80. The van der Waals surface area contributed by atoms with E-state index >= 15 is 0 Å². The van der Waals surface area contributed by atoms with Gasteiger partial charge in [-0.2, -0.15) is 0 Å². The van der Waals surface area contributed by atoms with E-state index in [4.69, 9.17) is 10.2 Å². The van der Waals surface area contributed by atoms with Crippen LogP contribution in [0.2, 0.25) is 0 Å². The first-order valence-corrected chi connectivity index (χ1v) is 4.95. The molecule has 1 saturated heterocycles. The van der Waals surface area contributed by atoms with Gasteiger partial charge in [0, 0.05) is 5.41 Å². The molecule has 0 radical (unpaired) electrons. The monoisotopic (exact) mass is 191 g/mol. The first-order valence-electron chi connectivity index (χ1n) is 4.95. The van der Waals surface area contributed by atoms with Crippen molar-refractivity contribution in [1.29, 1.82) is 0 Å². The van der Waals surface area contributed by atoms with Crippen LogP contribution in [0.3, 0.4) is 0 Å². The van der Waals surface area contributed by atoms with Crippen molar-refractivity contribution >= 4 is 11.8 Å². The predicted molar refractivity (Wildman–Crippen MR) is 52.4 cm³/mol. The molecule has 1 fully saturated rings. The number of oxazole rings is 1. The van der Waals surface area contributed by atoms with E-state index in [1.54, 1.807) is 0 Å². The Bertz CT molecular complexity index is 468. The summed E-state index contributed by atoms with van der Waals surface area (Å²) in [6, 6.07) is 0. The Balaban J connectivity index is 2.17. The fraction of sp³-hybridized carbons (Fsp3) is 0.500. The zero-order valence-electron chi connectivity index (χ0n) is 7.92. The summed E-state index contributed by atoms with van der Waals surface area (Å²) < 4.78 is 5.29. The molecule has 1 spiro atoms. The molecule has 3 N–H and O–H groups in total. The van der Waals surface area contributed by atoms with Gasteiger partial charge in [-0.1, -0.05) is 0 Å². The molecule has 1 aliphatic heterocycles. The van der Waals surface area contributed by atoms with Crippen molar-refractivity contribution in [2.75, 3.05) is 13.1 Å². The highest BCUT2D eigenvalue weighted by atomic mass is 16.3. The van der Waals surface area contributed by atoms with Crippen LogP contribution in [0.15, 0.2) is 10.8 Å². The van der Waals surface area contributed by atoms with Crippen molar-refractivity contribution in [3.05, 3.63) is 17.2 Å². The number of nitrogens with zero attached hydrogens (tertiary/aromatic N) is 1. The number of nitrogens with one attached hydrogen (secondary N) is 1. The lowest BCUT2D eigenvalue weighted by atomic mass is 9.78. The average Bonchev–Trinajstić information content (AvgIpc) is 2.73. The minimum atomic E-state index is 0.0215. The van der Waals surface area contributed by atoms with Crippen LogP contribution in [0.5, 0.6) is 0 Å². The van der Waals surface area contributed by atoms with Gasteiger partial charge in [0.1, 0.15) is 5.35 Å². The first-order chi connectivity index (χ1) is 6.82. The normalized spacial score (nSPS) is 23.6. The van der Waals surface area contributed by atoms with Gasteiger partial charge in [-0.15, -0.1) is 0 Å². The molecule has 1 aliphatic carbocycles. The van der Waals surface area contributed by atoms with E-state index in [-0.39, 0.29) is 5.41 Å². The molecule has 2 heterocycles. The molecule has 1 aromatic rings. The number of hydrogen-bond acceptors (Lipinski definition) is 4. The van der Waals surface area contributed by atoms with Crippen molar-refractivity contribution < 1.29 is 4.42 Å². The van der Waals surface area contributed by atoms with Gasteiger partial charge in [0.25, 0.3) is 0 Å². The molecule has 4 nitrogen and oxygen atoms in total. The lowest BCUT2D eigenvalue weighted by Crippen LogP contribution is -2.38. The van der Waals surface area contributed by atoms with Crippen molar-refractivity contribution in [1.82, 2.24) is 10.3 Å². The molecule has 0 atom stereocenters. The molecule has 0 aromatic carbocycles. The standard InChI is InChI=1S/C10H13N3O/c11-9-8-7(13-6-14-8)5-10(9)1-3-12-4-2-10/h5-6,12H,1-4,11H2. The molecule has 0 amide bonds. The fourth-order valence-corrected chi connectivity index (χ4v) is 2.41. The molecule has 3 rings (SSSR count). The van der Waals surface area contributed by atoms with Crippen molar-refractivity contribution in [3.8, 4) is 0 Å². The lowest BCUT2D eigenvalue weighted by molar-refractivity contribution is 0.369. The van der Waals surface area contributed by atoms with Gasteiger partial charge >= 0.3 is 0 Å². The first kappa shape index (κ1) is 8.05. The largest absolute Gasteiger partial charge is 0.442 e. The molecular formula is C10H13N3O. The van der Waals surface area contributed by atoms with E-state index in [9.17, 15) is 0 Å². The van der Waals surface area contributed by atoms with E-state index in [1.807, 2.05) is 0 Å². The summed E-state index contributed by atoms with van der Waals surface area (Å²) in [5.74, 6) is 0. The second kappa shape index (κ2) is 2.60. The smallest absolute Gasteiger partial charge is 0.182 e. The van der Waals surface area contributed by atoms with E-state index in [1.165, 1.54) is 6.39 Å². The summed E-state index contributed by atoms with van der Waals surface area (Å²) in [6.45, 7) is 2.03. The number of hydrogen-bond donors (Lipinski definition) is 2. The zero-order chi connectivity index (χ0) is 9.60. The molecule has 1 aromatic heterocycles. The molecule has 4 heteroatoms. The van der Waals surface area contributed by atoms with E-state index < -0.39 is 0 Å². The zero-order valence-corrected chi connectivity index (χ0v) is 7.92. The molecule has 0 bridgehead atoms. The Morgan fingerprint density at radius 3 is 2.93 bits per heavy atom. The minimum absolute atomic E-state index is 0.0215. The molecule has 14 heavy (non-hydrogen) atoms. The molecule has 0 unspecified atom stereocenters. The minimum Gasteiger partial charge on any atom is -0.442 e. The Morgan fingerprint density at radius 2 is 2.21 bits per heavy atom. The van der Waals surface area contributed by atoms with Gasteiger partial charge in [-0.25, -0.2) is 4.98 Å². The second-order valence-corrected chi connectivity index (χ2v) is 4.03. The lowest BCUT2D eigenvalue weighted by Gasteiger charge is -2.32. The summed E-state index contributed by atoms with van der Waals surface area (Å²) in [5, 5.41) is 4.26. The number of nitrogens with two attached hydrogens (primary N) is 1. The van der Waals surface area contributed by atoms with Crippen molar-refractivity contribution in [2.45, 2.75) is 12.8 Å². The van der Waals surface area contributed by atoms with Gasteiger partial charge in [-0.05, 0) is 32.0 Å². The van der Waals surface area contributed by atoms with Crippen LogP contribution in [0.4, 0.5) is 0 Å². The number of aromatic nitrogens is 1. The Hall–Kier alpha value is -1.29. The highest BCUT2D eigenvalue weighted by molar-refractivity contribution is 5.63. The Morgan fingerprint density at radius 1 is 1.43 bits per heavy atom. The molecular weight excluding hydrogens is 178 g/mol. The van der Waals surface area contributed by atoms with Gasteiger partial charge in [0.2, 0.25) is 0 Å². The number of piperidine rings is 1. The summed E-state index contributed by atoms with van der Waals surface area (Å²) >= 11 is 0. The van der Waals surface area contributed by atoms with Crippen molar-refractivity contribution in [3.63, 3.8) is 0 Å². The molecule has 2 aliphatic rings. The maximum Gasteiger partial charge on any atom is 0.182 e. The predicted octanol–water partition coefficient (Wildman–Crippen LogP) is -1.09. The summed E-state index contributed by atoms with van der Waals surface area (Å²) in [6.07, 6.45) is 5.72. The van der Waals surface area contributed by atoms with E-state index in [0.717, 1.165) is 42.4 Å². The number of rotatable bonds is 0. The highest BCUT2D eigenvalue weighted by Crippen LogP contribution is 2.37. The van der Waals surface area contributed by atoms with Crippen molar-refractivity contribution in [2.24, 2.45) is 11.1 Å². The fourth-order valence-electron chi connectivity index (χ4n) is 2.41. The maximum atomic E-state index is 6.12. The number of fused-ring (bicyclic) bond motifs is 1. The summed E-state index contributed by atoms with van der Waals surface area (Å²) in [7, 11) is 0.